The molecule has 0 spiro atoms. The highest BCUT2D eigenvalue weighted by Gasteiger charge is 2.11. The number of pyridine rings is 1. The second-order valence-corrected chi connectivity index (χ2v) is 3.12. The molecule has 0 radical (unpaired) electrons. The zero-order chi connectivity index (χ0) is 10.8. The molecule has 78 valence electrons. The van der Waals surface area contributed by atoms with E-state index in [0.29, 0.717) is 11.6 Å². The van der Waals surface area contributed by atoms with Gasteiger partial charge >= 0.3 is 0 Å². The van der Waals surface area contributed by atoms with Gasteiger partial charge in [0.2, 0.25) is 5.95 Å². The Balaban J connectivity index is 2.55. The topological polar surface area (TPSA) is 81.7 Å². The monoisotopic (exact) mass is 204 g/mol. The van der Waals surface area contributed by atoms with Crippen LogP contribution in [0.25, 0.3) is 11.4 Å². The summed E-state index contributed by atoms with van der Waals surface area (Å²) in [6, 6.07) is 1.82. The average Bonchev–Trinajstić information content (AvgIpc) is 2.60. The molecule has 0 saturated carbocycles. The van der Waals surface area contributed by atoms with Crippen LogP contribution in [0.15, 0.2) is 18.5 Å². The number of anilines is 2. The lowest BCUT2D eigenvalue weighted by molar-refractivity contribution is 0.925. The molecule has 0 aliphatic rings. The van der Waals surface area contributed by atoms with Gasteiger partial charge in [0.1, 0.15) is 0 Å². The molecular formula is C9H12N6. The van der Waals surface area contributed by atoms with Crippen molar-refractivity contribution in [3.05, 3.63) is 18.5 Å². The van der Waals surface area contributed by atoms with Gasteiger partial charge in [-0.25, -0.2) is 0 Å². The second-order valence-electron chi connectivity index (χ2n) is 3.12. The Kier molecular flexibility index (Phi) is 2.24. The zero-order valence-electron chi connectivity index (χ0n) is 8.60. The standard InChI is InChI=1S/C9H12N6/c1-11-9-14-13-8(15(9)2)6-3-4-12-5-7(6)10/h3-5H,10H2,1-2H3,(H,11,14). The van der Waals surface area contributed by atoms with E-state index in [2.05, 4.69) is 20.5 Å². The van der Waals surface area contributed by atoms with Gasteiger partial charge in [-0.15, -0.1) is 10.2 Å². The van der Waals surface area contributed by atoms with Crippen LogP contribution in [-0.2, 0) is 7.05 Å². The molecule has 0 aliphatic heterocycles. The number of aromatic nitrogens is 4. The first-order chi connectivity index (χ1) is 7.24. The van der Waals surface area contributed by atoms with Gasteiger partial charge in [-0.3, -0.25) is 9.55 Å². The Hall–Kier alpha value is -2.11. The van der Waals surface area contributed by atoms with Gasteiger partial charge in [0.05, 0.1) is 11.9 Å². The molecule has 0 amide bonds. The maximum absolute atomic E-state index is 5.81. The van der Waals surface area contributed by atoms with E-state index in [0.717, 1.165) is 11.4 Å². The van der Waals surface area contributed by atoms with Gasteiger partial charge < -0.3 is 11.1 Å². The Bertz CT molecular complexity index is 475. The minimum Gasteiger partial charge on any atom is -0.397 e. The molecular weight excluding hydrogens is 192 g/mol. The van der Waals surface area contributed by atoms with E-state index in [9.17, 15) is 0 Å². The lowest BCUT2D eigenvalue weighted by atomic mass is 10.2. The molecule has 0 aliphatic carbocycles. The van der Waals surface area contributed by atoms with Crippen molar-refractivity contribution >= 4 is 11.6 Å². The normalized spacial score (nSPS) is 10.3. The van der Waals surface area contributed by atoms with Crippen LogP contribution in [0, 0.1) is 0 Å². The zero-order valence-corrected chi connectivity index (χ0v) is 8.60. The number of nitrogens with two attached hydrogens (primary N) is 1. The second kappa shape index (κ2) is 3.56. The Morgan fingerprint density at radius 1 is 1.40 bits per heavy atom. The van der Waals surface area contributed by atoms with Crippen LogP contribution in [-0.4, -0.2) is 26.8 Å². The highest BCUT2D eigenvalue weighted by atomic mass is 15.3. The summed E-state index contributed by atoms with van der Waals surface area (Å²) < 4.78 is 1.84. The molecule has 6 nitrogen and oxygen atoms in total. The van der Waals surface area contributed by atoms with Crippen molar-refractivity contribution in [1.29, 1.82) is 0 Å². The number of nitrogen functional groups attached to an aromatic ring is 1. The van der Waals surface area contributed by atoms with E-state index in [1.54, 1.807) is 19.4 Å². The smallest absolute Gasteiger partial charge is 0.224 e. The molecule has 0 atom stereocenters. The van der Waals surface area contributed by atoms with Crippen molar-refractivity contribution in [2.24, 2.45) is 7.05 Å². The largest absolute Gasteiger partial charge is 0.397 e. The van der Waals surface area contributed by atoms with Crippen molar-refractivity contribution in [2.75, 3.05) is 18.1 Å². The van der Waals surface area contributed by atoms with E-state index in [-0.39, 0.29) is 0 Å². The molecule has 3 N–H and O–H groups in total. The number of nitrogens with one attached hydrogen (secondary N) is 1. The first-order valence-electron chi connectivity index (χ1n) is 4.51. The first-order valence-corrected chi connectivity index (χ1v) is 4.51. The molecule has 2 aromatic rings. The fourth-order valence-corrected chi connectivity index (χ4v) is 1.39. The molecule has 2 heterocycles. The van der Waals surface area contributed by atoms with Crippen molar-refractivity contribution in [3.63, 3.8) is 0 Å². The Morgan fingerprint density at radius 3 is 2.80 bits per heavy atom. The lowest BCUT2D eigenvalue weighted by Gasteiger charge is -2.04. The number of hydrogen-bond donors (Lipinski definition) is 2. The summed E-state index contributed by atoms with van der Waals surface area (Å²) in [5.41, 5.74) is 7.24. The number of rotatable bonds is 2. The Morgan fingerprint density at radius 2 is 2.20 bits per heavy atom. The average molecular weight is 204 g/mol. The van der Waals surface area contributed by atoms with Gasteiger partial charge in [0.25, 0.3) is 0 Å². The quantitative estimate of drug-likeness (QED) is 0.744. The van der Waals surface area contributed by atoms with Gasteiger partial charge in [0, 0.05) is 25.9 Å². The highest BCUT2D eigenvalue weighted by molar-refractivity contribution is 5.71. The third-order valence-corrected chi connectivity index (χ3v) is 2.19. The van der Waals surface area contributed by atoms with Gasteiger partial charge in [-0.05, 0) is 6.07 Å². The maximum atomic E-state index is 5.81. The van der Waals surface area contributed by atoms with Crippen molar-refractivity contribution in [2.45, 2.75) is 0 Å². The summed E-state index contributed by atoms with van der Waals surface area (Å²) in [6.07, 6.45) is 3.28. The van der Waals surface area contributed by atoms with Gasteiger partial charge in [-0.2, -0.15) is 0 Å². The summed E-state index contributed by atoms with van der Waals surface area (Å²) in [7, 11) is 3.67. The molecule has 0 aromatic carbocycles. The van der Waals surface area contributed by atoms with Crippen LogP contribution in [0.1, 0.15) is 0 Å². The predicted molar refractivity (Wildman–Crippen MR) is 58.2 cm³/mol. The summed E-state index contributed by atoms with van der Waals surface area (Å²) in [5.74, 6) is 1.42. The number of nitrogens with zero attached hydrogens (tertiary/aromatic N) is 4. The first kappa shape index (κ1) is 9.45. The maximum Gasteiger partial charge on any atom is 0.224 e. The van der Waals surface area contributed by atoms with E-state index >= 15 is 0 Å². The van der Waals surface area contributed by atoms with Crippen LogP contribution in [0.3, 0.4) is 0 Å². The summed E-state index contributed by atoms with van der Waals surface area (Å²) in [6.45, 7) is 0. The molecule has 2 rings (SSSR count). The molecule has 0 fully saturated rings. The van der Waals surface area contributed by atoms with Crippen molar-refractivity contribution in [1.82, 2.24) is 19.7 Å². The molecule has 0 saturated heterocycles. The van der Waals surface area contributed by atoms with Crippen molar-refractivity contribution in [3.8, 4) is 11.4 Å². The van der Waals surface area contributed by atoms with Crippen LogP contribution in [0.2, 0.25) is 0 Å². The SMILES string of the molecule is CNc1nnc(-c2ccncc2N)n1C. The molecule has 2 aromatic heterocycles. The van der Waals surface area contributed by atoms with Crippen LogP contribution >= 0.6 is 0 Å². The summed E-state index contributed by atoms with van der Waals surface area (Å²) in [4.78, 5) is 3.93. The van der Waals surface area contributed by atoms with E-state index in [4.69, 9.17) is 5.73 Å². The van der Waals surface area contributed by atoms with E-state index in [1.807, 2.05) is 17.7 Å². The Labute approximate surface area is 87.2 Å². The predicted octanol–water partition coefficient (Wildman–Crippen LogP) is 0.501. The fourth-order valence-electron chi connectivity index (χ4n) is 1.39. The minimum atomic E-state index is 0.593. The number of hydrogen-bond acceptors (Lipinski definition) is 5. The lowest BCUT2D eigenvalue weighted by Crippen LogP contribution is -2.01. The molecule has 0 unspecified atom stereocenters. The van der Waals surface area contributed by atoms with Crippen LogP contribution < -0.4 is 11.1 Å². The van der Waals surface area contributed by atoms with Crippen LogP contribution in [0.5, 0.6) is 0 Å². The van der Waals surface area contributed by atoms with Crippen molar-refractivity contribution < 1.29 is 0 Å². The molecule has 0 bridgehead atoms. The van der Waals surface area contributed by atoms with Gasteiger partial charge in [-0.1, -0.05) is 0 Å². The third-order valence-electron chi connectivity index (χ3n) is 2.19. The van der Waals surface area contributed by atoms with Crippen LogP contribution in [0.4, 0.5) is 11.6 Å². The van der Waals surface area contributed by atoms with E-state index < -0.39 is 0 Å². The molecule has 6 heteroatoms. The van der Waals surface area contributed by atoms with Gasteiger partial charge in [0.15, 0.2) is 5.82 Å². The minimum absolute atomic E-state index is 0.593. The summed E-state index contributed by atoms with van der Waals surface area (Å²) >= 11 is 0. The third kappa shape index (κ3) is 1.50. The summed E-state index contributed by atoms with van der Waals surface area (Å²) in [5, 5.41) is 11.0. The fraction of sp³-hybridized carbons (Fsp3) is 0.222. The van der Waals surface area contributed by atoms with E-state index in [1.165, 1.54) is 0 Å². The highest BCUT2D eigenvalue weighted by Crippen LogP contribution is 2.23. The molecule has 15 heavy (non-hydrogen) atoms.